The molecule has 0 saturated carbocycles. The van der Waals surface area contributed by atoms with Gasteiger partial charge in [-0.1, -0.05) is 29.8 Å². The van der Waals surface area contributed by atoms with Crippen LogP contribution < -0.4 is 9.64 Å². The minimum Gasteiger partial charge on any atom is -0.497 e. The zero-order valence-corrected chi connectivity index (χ0v) is 18.2. The standard InChI is InChI=1S/C25H18ClNO6/c1-33-19-11-7-14(8-12-19)21-20(22(28)15-5-9-17(26)10-6-15)23(29)24(30)27(21)18-4-2-3-16(13-18)25(31)32/h2-13,20-21H,1H3,(H,31,32)/t20-,21+/m1/s1. The number of carboxylic acids is 1. The zero-order chi connectivity index (χ0) is 23.7. The molecule has 7 nitrogen and oxygen atoms in total. The quantitative estimate of drug-likeness (QED) is 0.334. The molecule has 8 heteroatoms. The number of carbonyl (C=O) groups is 4. The molecule has 0 unspecified atom stereocenters. The van der Waals surface area contributed by atoms with Crippen molar-refractivity contribution in [3.8, 4) is 5.75 Å². The van der Waals surface area contributed by atoms with Crippen molar-refractivity contribution in [1.82, 2.24) is 0 Å². The third kappa shape index (κ3) is 4.10. The van der Waals surface area contributed by atoms with Gasteiger partial charge in [0.05, 0.1) is 18.7 Å². The average molecular weight is 464 g/mol. The molecule has 0 spiro atoms. The minimum atomic E-state index is -1.32. The molecule has 1 aliphatic rings. The molecular formula is C25H18ClNO6. The van der Waals surface area contributed by atoms with Gasteiger partial charge in [-0.05, 0) is 60.2 Å². The largest absolute Gasteiger partial charge is 0.497 e. The highest BCUT2D eigenvalue weighted by Crippen LogP contribution is 2.41. The monoisotopic (exact) mass is 463 g/mol. The fourth-order valence-electron chi connectivity index (χ4n) is 3.94. The fraction of sp³-hybridized carbons (Fsp3) is 0.120. The molecule has 3 aromatic rings. The maximum atomic E-state index is 13.4. The van der Waals surface area contributed by atoms with Crippen LogP contribution >= 0.6 is 11.6 Å². The van der Waals surface area contributed by atoms with E-state index in [9.17, 15) is 24.3 Å². The summed E-state index contributed by atoms with van der Waals surface area (Å²) in [6.45, 7) is 0. The molecule has 166 valence electrons. The number of ketones is 2. The van der Waals surface area contributed by atoms with Crippen molar-refractivity contribution in [2.24, 2.45) is 5.92 Å². The number of Topliss-reactive ketones (excluding diaryl/α,β-unsaturated/α-hetero) is 2. The summed E-state index contributed by atoms with van der Waals surface area (Å²) in [4.78, 5) is 52.3. The van der Waals surface area contributed by atoms with Crippen LogP contribution in [-0.2, 0) is 9.59 Å². The second-order valence-electron chi connectivity index (χ2n) is 7.46. The predicted octanol–water partition coefficient (Wildman–Crippen LogP) is 4.20. The Kier molecular flexibility index (Phi) is 5.98. The number of carboxylic acid groups (broad SMARTS) is 1. The molecule has 0 aromatic heterocycles. The number of methoxy groups -OCH3 is 1. The van der Waals surface area contributed by atoms with E-state index in [2.05, 4.69) is 0 Å². The van der Waals surface area contributed by atoms with Crippen molar-refractivity contribution in [2.45, 2.75) is 6.04 Å². The van der Waals surface area contributed by atoms with Crippen LogP contribution in [0.5, 0.6) is 5.75 Å². The lowest BCUT2D eigenvalue weighted by atomic mass is 9.86. The first kappa shape index (κ1) is 22.2. The van der Waals surface area contributed by atoms with Gasteiger partial charge in [-0.15, -0.1) is 0 Å². The first-order valence-corrected chi connectivity index (χ1v) is 10.3. The lowest BCUT2D eigenvalue weighted by Crippen LogP contribution is -2.30. The van der Waals surface area contributed by atoms with Crippen molar-refractivity contribution >= 4 is 40.7 Å². The first-order valence-electron chi connectivity index (χ1n) is 9.96. The number of carbonyl (C=O) groups excluding carboxylic acids is 3. The van der Waals surface area contributed by atoms with E-state index in [4.69, 9.17) is 16.3 Å². The van der Waals surface area contributed by atoms with Crippen LogP contribution in [0.4, 0.5) is 5.69 Å². The molecule has 33 heavy (non-hydrogen) atoms. The fourth-order valence-corrected chi connectivity index (χ4v) is 4.06. The van der Waals surface area contributed by atoms with E-state index in [0.717, 1.165) is 0 Å². The van der Waals surface area contributed by atoms with Crippen molar-refractivity contribution in [3.63, 3.8) is 0 Å². The number of hydrogen-bond donors (Lipinski definition) is 1. The molecule has 1 N–H and O–H groups in total. The number of rotatable bonds is 6. The summed E-state index contributed by atoms with van der Waals surface area (Å²) in [6.07, 6.45) is 0. The molecule has 1 heterocycles. The molecule has 1 amide bonds. The van der Waals surface area contributed by atoms with Gasteiger partial charge >= 0.3 is 5.97 Å². The van der Waals surface area contributed by atoms with E-state index in [-0.39, 0.29) is 16.8 Å². The molecule has 1 saturated heterocycles. The Balaban J connectivity index is 1.86. The predicted molar refractivity (Wildman–Crippen MR) is 121 cm³/mol. The van der Waals surface area contributed by atoms with Crippen LogP contribution in [0.2, 0.25) is 5.02 Å². The Bertz CT molecular complexity index is 1250. The molecular weight excluding hydrogens is 446 g/mol. The normalized spacial score (nSPS) is 17.8. The highest BCUT2D eigenvalue weighted by atomic mass is 35.5. The maximum absolute atomic E-state index is 13.4. The Hall–Kier alpha value is -3.97. The van der Waals surface area contributed by atoms with E-state index in [1.54, 1.807) is 24.3 Å². The first-order chi connectivity index (χ1) is 15.8. The van der Waals surface area contributed by atoms with E-state index in [1.165, 1.54) is 60.5 Å². The zero-order valence-electron chi connectivity index (χ0n) is 17.4. The molecule has 2 atom stereocenters. The van der Waals surface area contributed by atoms with Crippen LogP contribution in [0.15, 0.2) is 72.8 Å². The summed E-state index contributed by atoms with van der Waals surface area (Å²) in [7, 11) is 1.51. The smallest absolute Gasteiger partial charge is 0.335 e. The average Bonchev–Trinajstić information content (AvgIpc) is 3.09. The summed E-state index contributed by atoms with van der Waals surface area (Å²) < 4.78 is 5.19. The van der Waals surface area contributed by atoms with Crippen molar-refractivity contribution < 1.29 is 29.0 Å². The molecule has 1 fully saturated rings. The summed E-state index contributed by atoms with van der Waals surface area (Å²) in [5, 5.41) is 9.80. The molecule has 1 aliphatic heterocycles. The number of halogens is 1. The lowest BCUT2D eigenvalue weighted by molar-refractivity contribution is -0.135. The molecule has 0 radical (unpaired) electrons. The summed E-state index contributed by atoms with van der Waals surface area (Å²) >= 11 is 5.92. The summed E-state index contributed by atoms with van der Waals surface area (Å²) in [5.41, 5.74) is 0.933. The number of ether oxygens (including phenoxy) is 1. The van der Waals surface area contributed by atoms with Gasteiger partial charge in [0, 0.05) is 16.3 Å². The van der Waals surface area contributed by atoms with Crippen molar-refractivity contribution in [2.75, 3.05) is 12.0 Å². The Morgan fingerprint density at radius 3 is 2.21 bits per heavy atom. The van der Waals surface area contributed by atoms with Gasteiger partial charge in [0.1, 0.15) is 11.7 Å². The number of benzene rings is 3. The van der Waals surface area contributed by atoms with Gasteiger partial charge in [0.25, 0.3) is 5.91 Å². The third-order valence-corrected chi connectivity index (χ3v) is 5.80. The van der Waals surface area contributed by atoms with Crippen LogP contribution in [0.25, 0.3) is 0 Å². The number of amides is 1. The van der Waals surface area contributed by atoms with E-state index < -0.39 is 35.4 Å². The highest BCUT2D eigenvalue weighted by Gasteiger charge is 2.52. The second kappa shape index (κ2) is 8.88. The van der Waals surface area contributed by atoms with E-state index in [0.29, 0.717) is 16.3 Å². The highest BCUT2D eigenvalue weighted by molar-refractivity contribution is 6.49. The van der Waals surface area contributed by atoms with Gasteiger partial charge in [-0.2, -0.15) is 0 Å². The minimum absolute atomic E-state index is 0.0475. The maximum Gasteiger partial charge on any atom is 0.335 e. The van der Waals surface area contributed by atoms with Gasteiger partial charge in [-0.3, -0.25) is 19.3 Å². The summed E-state index contributed by atoms with van der Waals surface area (Å²) in [5.74, 6) is -4.20. The number of nitrogens with zero attached hydrogens (tertiary/aromatic N) is 1. The molecule has 0 aliphatic carbocycles. The lowest BCUT2D eigenvalue weighted by Gasteiger charge is -2.27. The number of aromatic carboxylic acids is 1. The third-order valence-electron chi connectivity index (χ3n) is 5.55. The van der Waals surface area contributed by atoms with Gasteiger partial charge in [-0.25, -0.2) is 4.79 Å². The van der Waals surface area contributed by atoms with Crippen molar-refractivity contribution in [1.29, 1.82) is 0 Å². The topological polar surface area (TPSA) is 101 Å². The van der Waals surface area contributed by atoms with Crippen molar-refractivity contribution in [3.05, 3.63) is 94.5 Å². The molecule has 3 aromatic carbocycles. The Labute approximate surface area is 194 Å². The Morgan fingerprint density at radius 1 is 0.939 bits per heavy atom. The second-order valence-corrected chi connectivity index (χ2v) is 7.90. The van der Waals surface area contributed by atoms with Crippen LogP contribution in [0.3, 0.4) is 0 Å². The van der Waals surface area contributed by atoms with Gasteiger partial charge in [0.2, 0.25) is 5.78 Å². The van der Waals surface area contributed by atoms with Crippen LogP contribution in [0.1, 0.15) is 32.3 Å². The van der Waals surface area contributed by atoms with Crippen LogP contribution in [-0.4, -0.2) is 35.7 Å². The Morgan fingerprint density at radius 2 is 1.61 bits per heavy atom. The van der Waals surface area contributed by atoms with E-state index in [1.807, 2.05) is 0 Å². The van der Waals surface area contributed by atoms with Crippen LogP contribution in [0, 0.1) is 5.92 Å². The van der Waals surface area contributed by atoms with Gasteiger partial charge < -0.3 is 9.84 Å². The van der Waals surface area contributed by atoms with E-state index >= 15 is 0 Å². The summed E-state index contributed by atoms with van der Waals surface area (Å²) in [6, 6.07) is 17.5. The molecule has 0 bridgehead atoms. The molecule has 4 rings (SSSR count). The number of anilines is 1. The van der Waals surface area contributed by atoms with Gasteiger partial charge in [0.15, 0.2) is 5.78 Å². The SMILES string of the molecule is COc1ccc([C@H]2[C@H](C(=O)c3ccc(Cl)cc3)C(=O)C(=O)N2c2cccc(C(=O)O)c2)cc1. The number of hydrogen-bond acceptors (Lipinski definition) is 5.